The van der Waals surface area contributed by atoms with Crippen LogP contribution in [-0.4, -0.2) is 97.2 Å². The van der Waals surface area contributed by atoms with E-state index < -0.39 is 28.7 Å². The molecule has 7 nitrogen and oxygen atoms in total. The number of aliphatic hydroxyl groups excluding tert-OH is 1. The summed E-state index contributed by atoms with van der Waals surface area (Å²) in [6, 6.07) is -1.32. The number of hydrogen-bond donors (Lipinski definition) is 1. The highest BCUT2D eigenvalue weighted by Crippen LogP contribution is 2.68. The SMILES string of the molecule is C=CCN(C)C(=O)[C@H]1[C@@H]2SC3(CC2Br)C(C(=O)N(CC=C)C(C)C)N([C@@H](CO)[C@@H](C)CC)C(=O)[C@H]13. The number of hydrogen-bond acceptors (Lipinski definition) is 5. The largest absolute Gasteiger partial charge is 0.394 e. The van der Waals surface area contributed by atoms with Gasteiger partial charge in [-0.3, -0.25) is 14.4 Å². The summed E-state index contributed by atoms with van der Waals surface area (Å²) in [6.07, 6.45) is 4.76. The molecule has 3 fully saturated rings. The molecule has 196 valence electrons. The fraction of sp³-hybridized carbons (Fsp3) is 0.731. The molecule has 1 spiro atoms. The highest BCUT2D eigenvalue weighted by atomic mass is 79.9. The van der Waals surface area contributed by atoms with Crippen molar-refractivity contribution in [1.82, 2.24) is 14.7 Å². The summed E-state index contributed by atoms with van der Waals surface area (Å²) in [4.78, 5) is 47.2. The van der Waals surface area contributed by atoms with Crippen LogP contribution in [0.4, 0.5) is 0 Å². The van der Waals surface area contributed by atoms with Crippen molar-refractivity contribution in [3.63, 3.8) is 0 Å². The molecule has 0 aromatic heterocycles. The van der Waals surface area contributed by atoms with E-state index in [1.54, 1.807) is 45.7 Å². The van der Waals surface area contributed by atoms with E-state index in [2.05, 4.69) is 29.1 Å². The van der Waals surface area contributed by atoms with Gasteiger partial charge in [-0.05, 0) is 26.2 Å². The van der Waals surface area contributed by atoms with Crippen molar-refractivity contribution in [1.29, 1.82) is 0 Å². The molecule has 9 heteroatoms. The van der Waals surface area contributed by atoms with Crippen LogP contribution in [0.15, 0.2) is 25.3 Å². The molecule has 3 aliphatic heterocycles. The van der Waals surface area contributed by atoms with E-state index in [-0.39, 0.29) is 46.4 Å². The van der Waals surface area contributed by atoms with Gasteiger partial charge in [0.25, 0.3) is 0 Å². The summed E-state index contributed by atoms with van der Waals surface area (Å²) in [5.74, 6) is -1.52. The van der Waals surface area contributed by atoms with Crippen LogP contribution < -0.4 is 0 Å². The molecular formula is C26H40BrN3O4S. The number of rotatable bonds is 11. The molecule has 0 aromatic rings. The number of nitrogens with zero attached hydrogens (tertiary/aromatic N) is 3. The second-order valence-corrected chi connectivity index (χ2v) is 13.1. The van der Waals surface area contributed by atoms with E-state index in [4.69, 9.17) is 0 Å². The third-order valence-electron chi connectivity index (χ3n) is 8.10. The number of likely N-dealkylation sites (N-methyl/N-ethyl adjacent to an activating group) is 1. The molecule has 3 unspecified atom stereocenters. The summed E-state index contributed by atoms with van der Waals surface area (Å²) in [5, 5.41) is 10.3. The molecule has 1 N–H and O–H groups in total. The van der Waals surface area contributed by atoms with E-state index in [0.717, 1.165) is 6.42 Å². The lowest BCUT2D eigenvalue weighted by atomic mass is 9.70. The molecule has 8 atom stereocenters. The number of fused-ring (bicyclic) bond motifs is 1. The highest BCUT2D eigenvalue weighted by molar-refractivity contribution is 9.09. The maximum Gasteiger partial charge on any atom is 0.247 e. The van der Waals surface area contributed by atoms with Crippen LogP contribution in [0, 0.1) is 17.8 Å². The molecule has 0 saturated carbocycles. The molecule has 0 radical (unpaired) electrons. The molecule has 0 aromatic carbocycles. The average Bonchev–Trinajstić information content (AvgIpc) is 3.40. The quantitative estimate of drug-likeness (QED) is 0.305. The number of halogens is 1. The first-order valence-corrected chi connectivity index (χ1v) is 14.3. The predicted octanol–water partition coefficient (Wildman–Crippen LogP) is 2.93. The van der Waals surface area contributed by atoms with Gasteiger partial charge in [0.1, 0.15) is 6.04 Å². The first kappa shape index (κ1) is 28.3. The number of aliphatic hydroxyl groups is 1. The van der Waals surface area contributed by atoms with Crippen LogP contribution in [0.2, 0.25) is 0 Å². The number of amides is 3. The Morgan fingerprint density at radius 1 is 1.26 bits per heavy atom. The molecule has 35 heavy (non-hydrogen) atoms. The molecular weight excluding hydrogens is 530 g/mol. The van der Waals surface area contributed by atoms with Gasteiger partial charge in [0.2, 0.25) is 17.7 Å². The summed E-state index contributed by atoms with van der Waals surface area (Å²) in [6.45, 7) is 16.1. The van der Waals surface area contributed by atoms with Gasteiger partial charge in [0, 0.05) is 36.3 Å². The Morgan fingerprint density at radius 2 is 1.89 bits per heavy atom. The first-order valence-electron chi connectivity index (χ1n) is 12.5. The van der Waals surface area contributed by atoms with Gasteiger partial charge in [-0.25, -0.2) is 0 Å². The Balaban J connectivity index is 2.17. The van der Waals surface area contributed by atoms with Crippen molar-refractivity contribution in [3.05, 3.63) is 25.3 Å². The fourth-order valence-electron chi connectivity index (χ4n) is 6.19. The molecule has 3 amide bonds. The van der Waals surface area contributed by atoms with Crippen LogP contribution in [0.1, 0.15) is 40.5 Å². The fourth-order valence-corrected chi connectivity index (χ4v) is 9.78. The van der Waals surface area contributed by atoms with Crippen molar-refractivity contribution in [2.24, 2.45) is 17.8 Å². The zero-order chi connectivity index (χ0) is 26.2. The first-order chi connectivity index (χ1) is 16.5. The number of carbonyl (C=O) groups is 3. The highest BCUT2D eigenvalue weighted by Gasteiger charge is 2.76. The van der Waals surface area contributed by atoms with E-state index in [0.29, 0.717) is 19.5 Å². The summed E-state index contributed by atoms with van der Waals surface area (Å²) in [5.41, 5.74) is 0. The molecule has 3 rings (SSSR count). The minimum Gasteiger partial charge on any atom is -0.394 e. The normalized spacial score (nSPS) is 33.0. The standard InChI is InChI=1S/C26H40BrN3O4S/c1-8-11-28(7)23(32)19-20-24(33)30(18(14-31)16(6)10-3)22(25(34)29(12-9-2)15(4)5)26(20)13-17(27)21(19)35-26/h8-9,15-22,31H,1-2,10-14H2,3-7H3/t16-,17?,18-,19+,20-,21+,22?,26?/m0/s1. The van der Waals surface area contributed by atoms with Gasteiger partial charge < -0.3 is 19.8 Å². The lowest BCUT2D eigenvalue weighted by molar-refractivity contribution is -0.148. The van der Waals surface area contributed by atoms with E-state index in [9.17, 15) is 19.5 Å². The third-order valence-corrected chi connectivity index (χ3v) is 11.3. The zero-order valence-electron chi connectivity index (χ0n) is 21.5. The second kappa shape index (κ2) is 11.0. The molecule has 2 bridgehead atoms. The Bertz CT molecular complexity index is 870. The Hall–Kier alpha value is -1.32. The Labute approximate surface area is 222 Å². The smallest absolute Gasteiger partial charge is 0.247 e. The third kappa shape index (κ3) is 4.50. The van der Waals surface area contributed by atoms with Gasteiger partial charge >= 0.3 is 0 Å². The number of likely N-dealkylation sites (tertiary alicyclic amines) is 1. The van der Waals surface area contributed by atoms with Crippen LogP contribution in [0.3, 0.4) is 0 Å². The lowest BCUT2D eigenvalue weighted by Gasteiger charge is -2.42. The molecule has 0 aliphatic carbocycles. The molecule has 3 heterocycles. The van der Waals surface area contributed by atoms with Gasteiger partial charge in [0.15, 0.2) is 0 Å². The topological polar surface area (TPSA) is 81.2 Å². The summed E-state index contributed by atoms with van der Waals surface area (Å²) in [7, 11) is 1.73. The van der Waals surface area contributed by atoms with Crippen molar-refractivity contribution >= 4 is 45.4 Å². The van der Waals surface area contributed by atoms with Gasteiger partial charge in [0.05, 0.1) is 29.2 Å². The molecule has 3 saturated heterocycles. The van der Waals surface area contributed by atoms with Crippen molar-refractivity contribution in [2.75, 3.05) is 26.7 Å². The molecule has 3 aliphatic rings. The Morgan fingerprint density at radius 3 is 2.40 bits per heavy atom. The maximum atomic E-state index is 14.3. The zero-order valence-corrected chi connectivity index (χ0v) is 23.9. The number of carbonyl (C=O) groups excluding carboxylic acids is 3. The van der Waals surface area contributed by atoms with Crippen LogP contribution in [0.5, 0.6) is 0 Å². The second-order valence-electron chi connectivity index (χ2n) is 10.4. The van der Waals surface area contributed by atoms with E-state index in [1.807, 2.05) is 27.7 Å². The van der Waals surface area contributed by atoms with Gasteiger partial charge in [-0.15, -0.1) is 24.9 Å². The van der Waals surface area contributed by atoms with Crippen molar-refractivity contribution < 1.29 is 19.5 Å². The lowest BCUT2D eigenvalue weighted by Crippen LogP contribution is -2.59. The Kier molecular flexibility index (Phi) is 8.86. The van der Waals surface area contributed by atoms with Crippen molar-refractivity contribution in [2.45, 2.75) is 73.5 Å². The minimum atomic E-state index is -0.744. The summed E-state index contributed by atoms with van der Waals surface area (Å²) >= 11 is 5.43. The average molecular weight is 571 g/mol. The van der Waals surface area contributed by atoms with Gasteiger partial charge in [-0.1, -0.05) is 48.4 Å². The number of thioether (sulfide) groups is 1. The van der Waals surface area contributed by atoms with Crippen molar-refractivity contribution in [3.8, 4) is 0 Å². The monoisotopic (exact) mass is 569 g/mol. The maximum absolute atomic E-state index is 14.3. The minimum absolute atomic E-state index is 0.000869. The van der Waals surface area contributed by atoms with E-state index >= 15 is 0 Å². The van der Waals surface area contributed by atoms with E-state index in [1.165, 1.54) is 0 Å². The van der Waals surface area contributed by atoms with Crippen LogP contribution >= 0.6 is 27.7 Å². The van der Waals surface area contributed by atoms with Crippen LogP contribution in [-0.2, 0) is 14.4 Å². The van der Waals surface area contributed by atoms with Crippen LogP contribution in [0.25, 0.3) is 0 Å². The van der Waals surface area contributed by atoms with Gasteiger partial charge in [-0.2, -0.15) is 0 Å². The number of alkyl halides is 1. The predicted molar refractivity (Wildman–Crippen MR) is 144 cm³/mol. The summed E-state index contributed by atoms with van der Waals surface area (Å²) < 4.78 is -0.725.